The zero-order valence-electron chi connectivity index (χ0n) is 17.0. The Kier molecular flexibility index (Phi) is 6.79. The molecule has 1 heterocycles. The molecule has 0 aliphatic heterocycles. The first-order valence-corrected chi connectivity index (χ1v) is 11.3. The van der Waals surface area contributed by atoms with E-state index in [9.17, 15) is 4.79 Å². The quantitative estimate of drug-likeness (QED) is 0.197. The second kappa shape index (κ2) is 9.90. The van der Waals surface area contributed by atoms with E-state index < -0.39 is 0 Å². The van der Waals surface area contributed by atoms with Crippen LogP contribution in [0.15, 0.2) is 82.7 Å². The molecule has 0 bridgehead atoms. The van der Waals surface area contributed by atoms with Crippen LogP contribution in [0.25, 0.3) is 16.6 Å². The third kappa shape index (κ3) is 5.03. The number of halogens is 1. The van der Waals surface area contributed by atoms with Crippen LogP contribution in [0.4, 0.5) is 0 Å². The van der Waals surface area contributed by atoms with Crippen LogP contribution in [-0.2, 0) is 0 Å². The van der Waals surface area contributed by atoms with E-state index in [1.807, 2.05) is 61.5 Å². The van der Waals surface area contributed by atoms with Crippen LogP contribution >= 0.6 is 23.4 Å². The summed E-state index contributed by atoms with van der Waals surface area (Å²) in [7, 11) is 0. The normalized spacial score (nSPS) is 10.9. The lowest BCUT2D eigenvalue weighted by Crippen LogP contribution is -2.22. The maximum atomic E-state index is 13.2. The number of rotatable bonds is 8. The Labute approximate surface area is 189 Å². The molecule has 1 aromatic heterocycles. The van der Waals surface area contributed by atoms with Crippen molar-refractivity contribution in [3.63, 3.8) is 0 Å². The minimum absolute atomic E-state index is 0.108. The summed E-state index contributed by atoms with van der Waals surface area (Å²) >= 11 is 7.50. The molecule has 0 aliphatic carbocycles. The highest BCUT2D eigenvalue weighted by atomic mass is 35.5. The van der Waals surface area contributed by atoms with E-state index in [4.69, 9.17) is 26.1 Å². The summed E-state index contributed by atoms with van der Waals surface area (Å²) in [4.78, 5) is 17.9. The van der Waals surface area contributed by atoms with Gasteiger partial charge in [0.25, 0.3) is 5.56 Å². The van der Waals surface area contributed by atoms with Gasteiger partial charge in [-0.25, -0.2) is 4.98 Å². The number of benzene rings is 3. The van der Waals surface area contributed by atoms with Crippen LogP contribution in [0.3, 0.4) is 0 Å². The smallest absolute Gasteiger partial charge is 0.266 e. The lowest BCUT2D eigenvalue weighted by atomic mass is 10.2. The Morgan fingerprint density at radius 3 is 2.32 bits per heavy atom. The first-order chi connectivity index (χ1) is 15.2. The Morgan fingerprint density at radius 2 is 1.61 bits per heavy atom. The summed E-state index contributed by atoms with van der Waals surface area (Å²) in [6, 6.07) is 22.1. The largest absolute Gasteiger partial charge is 0.494 e. The van der Waals surface area contributed by atoms with Crippen LogP contribution in [-0.4, -0.2) is 28.5 Å². The molecule has 4 aromatic rings. The van der Waals surface area contributed by atoms with Gasteiger partial charge in [0.1, 0.15) is 11.5 Å². The van der Waals surface area contributed by atoms with Gasteiger partial charge in [0.2, 0.25) is 0 Å². The molecular formula is C24H21ClN2O3S. The predicted molar refractivity (Wildman–Crippen MR) is 126 cm³/mol. The van der Waals surface area contributed by atoms with E-state index in [1.54, 1.807) is 22.8 Å². The van der Waals surface area contributed by atoms with Crippen molar-refractivity contribution < 1.29 is 9.47 Å². The number of ether oxygens (including phenoxy) is 2. The first kappa shape index (κ1) is 21.3. The minimum Gasteiger partial charge on any atom is -0.494 e. The number of aromatic nitrogens is 2. The summed E-state index contributed by atoms with van der Waals surface area (Å²) in [6.45, 7) is 3.05. The van der Waals surface area contributed by atoms with Crippen LogP contribution in [0.1, 0.15) is 6.92 Å². The lowest BCUT2D eigenvalue weighted by Gasteiger charge is -2.13. The van der Waals surface area contributed by atoms with Gasteiger partial charge in [-0.05, 0) is 67.6 Å². The maximum Gasteiger partial charge on any atom is 0.266 e. The Hall–Kier alpha value is -2.96. The van der Waals surface area contributed by atoms with Crippen LogP contribution in [0.5, 0.6) is 11.5 Å². The fourth-order valence-electron chi connectivity index (χ4n) is 3.12. The van der Waals surface area contributed by atoms with Gasteiger partial charge in [-0.1, -0.05) is 35.5 Å². The van der Waals surface area contributed by atoms with Crippen molar-refractivity contribution in [3.05, 3.63) is 88.2 Å². The van der Waals surface area contributed by atoms with Gasteiger partial charge >= 0.3 is 0 Å². The molecule has 0 fully saturated rings. The fraction of sp³-hybridized carbons (Fsp3) is 0.167. The van der Waals surface area contributed by atoms with Crippen molar-refractivity contribution in [2.45, 2.75) is 12.1 Å². The molecule has 0 N–H and O–H groups in total. The molecule has 158 valence electrons. The number of fused-ring (bicyclic) bond motifs is 1. The predicted octanol–water partition coefficient (Wildman–Crippen LogP) is 5.61. The number of para-hydroxylation sites is 1. The monoisotopic (exact) mass is 452 g/mol. The molecule has 0 unspecified atom stereocenters. The second-order valence-corrected chi connectivity index (χ2v) is 8.13. The molecule has 0 atom stereocenters. The summed E-state index contributed by atoms with van der Waals surface area (Å²) in [5.74, 6) is 2.22. The molecule has 0 amide bonds. The van der Waals surface area contributed by atoms with Gasteiger partial charge in [0.05, 0.1) is 29.8 Å². The van der Waals surface area contributed by atoms with E-state index in [2.05, 4.69) is 0 Å². The van der Waals surface area contributed by atoms with Crippen molar-refractivity contribution in [3.8, 4) is 17.2 Å². The zero-order valence-corrected chi connectivity index (χ0v) is 18.5. The van der Waals surface area contributed by atoms with Crippen LogP contribution < -0.4 is 15.0 Å². The standard InChI is InChI=1S/C24H21ClN2O3S/c1-2-29-19-11-13-20(14-12-19)30-15-16-31-24-26-22-6-4-3-5-21(22)23(28)27(24)18-9-7-17(25)8-10-18/h3-14H,2,15-16H2,1H3. The summed E-state index contributed by atoms with van der Waals surface area (Å²) in [5.41, 5.74) is 1.29. The summed E-state index contributed by atoms with van der Waals surface area (Å²) < 4.78 is 12.9. The van der Waals surface area contributed by atoms with E-state index in [1.165, 1.54) is 11.8 Å². The second-order valence-electron chi connectivity index (χ2n) is 6.63. The van der Waals surface area contributed by atoms with Gasteiger partial charge in [0.15, 0.2) is 5.16 Å². The Bertz CT molecular complexity index is 1220. The Morgan fingerprint density at radius 1 is 0.935 bits per heavy atom. The van der Waals surface area contributed by atoms with Crippen molar-refractivity contribution in [2.24, 2.45) is 0 Å². The molecule has 7 heteroatoms. The minimum atomic E-state index is -0.108. The summed E-state index contributed by atoms with van der Waals surface area (Å²) in [6.07, 6.45) is 0. The van der Waals surface area contributed by atoms with Crippen molar-refractivity contribution >= 4 is 34.3 Å². The molecule has 0 aliphatic rings. The summed E-state index contributed by atoms with van der Waals surface area (Å²) in [5, 5.41) is 1.80. The number of hydrogen-bond donors (Lipinski definition) is 0. The van der Waals surface area contributed by atoms with E-state index >= 15 is 0 Å². The molecule has 0 radical (unpaired) electrons. The van der Waals surface area contributed by atoms with Gasteiger partial charge < -0.3 is 9.47 Å². The Balaban J connectivity index is 1.54. The van der Waals surface area contributed by atoms with Crippen molar-refractivity contribution in [1.82, 2.24) is 9.55 Å². The molecule has 4 rings (SSSR count). The van der Waals surface area contributed by atoms with Gasteiger partial charge in [-0.2, -0.15) is 0 Å². The van der Waals surface area contributed by atoms with Gasteiger partial charge in [-0.3, -0.25) is 9.36 Å². The third-order valence-corrected chi connectivity index (χ3v) is 5.70. The van der Waals surface area contributed by atoms with Crippen LogP contribution in [0, 0.1) is 0 Å². The van der Waals surface area contributed by atoms with E-state index in [0.717, 1.165) is 17.2 Å². The molecule has 0 saturated carbocycles. The number of nitrogens with zero attached hydrogens (tertiary/aromatic N) is 2. The molecule has 5 nitrogen and oxygen atoms in total. The average molecular weight is 453 g/mol. The molecule has 3 aromatic carbocycles. The van der Waals surface area contributed by atoms with Crippen LogP contribution in [0.2, 0.25) is 5.02 Å². The SMILES string of the molecule is CCOc1ccc(OCCSc2nc3ccccc3c(=O)n2-c2ccc(Cl)cc2)cc1. The molecule has 0 saturated heterocycles. The number of hydrogen-bond acceptors (Lipinski definition) is 5. The highest BCUT2D eigenvalue weighted by molar-refractivity contribution is 7.99. The molecular weight excluding hydrogens is 432 g/mol. The highest BCUT2D eigenvalue weighted by Crippen LogP contribution is 2.23. The third-order valence-electron chi connectivity index (χ3n) is 4.55. The van der Waals surface area contributed by atoms with Crippen molar-refractivity contribution in [2.75, 3.05) is 19.0 Å². The van der Waals surface area contributed by atoms with Gasteiger partial charge in [0, 0.05) is 10.8 Å². The van der Waals surface area contributed by atoms with Crippen molar-refractivity contribution in [1.29, 1.82) is 0 Å². The number of thioether (sulfide) groups is 1. The average Bonchev–Trinajstić information content (AvgIpc) is 2.79. The zero-order chi connectivity index (χ0) is 21.6. The maximum absolute atomic E-state index is 13.2. The molecule has 0 spiro atoms. The molecule has 31 heavy (non-hydrogen) atoms. The van der Waals surface area contributed by atoms with E-state index in [-0.39, 0.29) is 5.56 Å². The topological polar surface area (TPSA) is 53.4 Å². The highest BCUT2D eigenvalue weighted by Gasteiger charge is 2.13. The fourth-order valence-corrected chi connectivity index (χ4v) is 4.07. The van der Waals surface area contributed by atoms with Gasteiger partial charge in [-0.15, -0.1) is 0 Å². The first-order valence-electron chi connectivity index (χ1n) is 9.92. The lowest BCUT2D eigenvalue weighted by molar-refractivity contribution is 0.332. The van der Waals surface area contributed by atoms with E-state index in [0.29, 0.717) is 40.0 Å².